The summed E-state index contributed by atoms with van der Waals surface area (Å²) < 4.78 is 0. The fraction of sp³-hybridized carbons (Fsp3) is 1.00. The van der Waals surface area contributed by atoms with E-state index in [1.807, 2.05) is 0 Å². The smallest absolute Gasteiger partial charge is 0.00992 e. The van der Waals surface area contributed by atoms with Crippen LogP contribution in [0.4, 0.5) is 0 Å². The molecule has 0 aromatic carbocycles. The molecule has 0 amide bonds. The number of nitrogens with one attached hydrogen (secondary N) is 1. The van der Waals surface area contributed by atoms with Gasteiger partial charge in [-0.05, 0) is 58.5 Å². The van der Waals surface area contributed by atoms with Gasteiger partial charge < -0.3 is 5.32 Å². The van der Waals surface area contributed by atoms with E-state index in [-0.39, 0.29) is 0 Å². The fourth-order valence-corrected chi connectivity index (χ4v) is 3.74. The zero-order valence-corrected chi connectivity index (χ0v) is 11.8. The predicted molar refractivity (Wildman–Crippen MR) is 74.4 cm³/mol. The molecule has 1 N–H and O–H groups in total. The summed E-state index contributed by atoms with van der Waals surface area (Å²) in [6.07, 6.45) is 11.4. The molecular weight excluding hydrogens is 208 g/mol. The van der Waals surface area contributed by atoms with Gasteiger partial charge in [-0.1, -0.05) is 19.8 Å². The van der Waals surface area contributed by atoms with Crippen molar-refractivity contribution in [2.75, 3.05) is 13.1 Å². The highest BCUT2D eigenvalue weighted by Crippen LogP contribution is 2.28. The molecule has 1 unspecified atom stereocenters. The summed E-state index contributed by atoms with van der Waals surface area (Å²) in [5.41, 5.74) is 0. The minimum atomic E-state index is 0.804. The minimum absolute atomic E-state index is 0.804. The van der Waals surface area contributed by atoms with Gasteiger partial charge in [0.2, 0.25) is 0 Å². The molecule has 2 aliphatic rings. The lowest BCUT2D eigenvalue weighted by molar-refractivity contribution is 0.107. The second-order valence-electron chi connectivity index (χ2n) is 6.00. The first kappa shape index (κ1) is 13.4. The van der Waals surface area contributed by atoms with Crippen LogP contribution in [0.2, 0.25) is 0 Å². The van der Waals surface area contributed by atoms with E-state index >= 15 is 0 Å². The van der Waals surface area contributed by atoms with E-state index in [0.29, 0.717) is 0 Å². The molecule has 0 spiro atoms. The second kappa shape index (κ2) is 6.75. The van der Waals surface area contributed by atoms with Crippen LogP contribution in [-0.4, -0.2) is 36.1 Å². The SMILES string of the molecule is CCNC1CCC(N2CCCCCC2C)CC1. The van der Waals surface area contributed by atoms with E-state index in [1.165, 1.54) is 57.9 Å². The van der Waals surface area contributed by atoms with Crippen molar-refractivity contribution in [3.05, 3.63) is 0 Å². The van der Waals surface area contributed by atoms with Crippen LogP contribution in [0.25, 0.3) is 0 Å². The summed E-state index contributed by atoms with van der Waals surface area (Å²) >= 11 is 0. The first-order chi connectivity index (χ1) is 8.31. The monoisotopic (exact) mass is 238 g/mol. The van der Waals surface area contributed by atoms with Crippen molar-refractivity contribution in [2.45, 2.75) is 83.3 Å². The van der Waals surface area contributed by atoms with Gasteiger partial charge in [-0.15, -0.1) is 0 Å². The van der Waals surface area contributed by atoms with Crippen LogP contribution in [0.1, 0.15) is 65.2 Å². The molecular formula is C15H30N2. The van der Waals surface area contributed by atoms with Gasteiger partial charge in [0.25, 0.3) is 0 Å². The van der Waals surface area contributed by atoms with Crippen molar-refractivity contribution in [3.8, 4) is 0 Å². The molecule has 0 bridgehead atoms. The Morgan fingerprint density at radius 2 is 1.76 bits per heavy atom. The molecule has 0 radical (unpaired) electrons. The molecule has 1 aliphatic heterocycles. The lowest BCUT2D eigenvalue weighted by Gasteiger charge is -2.39. The van der Waals surface area contributed by atoms with E-state index < -0.39 is 0 Å². The Hall–Kier alpha value is -0.0800. The van der Waals surface area contributed by atoms with Gasteiger partial charge in [-0.2, -0.15) is 0 Å². The maximum absolute atomic E-state index is 3.61. The maximum atomic E-state index is 3.61. The molecule has 1 saturated carbocycles. The molecule has 2 nitrogen and oxygen atoms in total. The first-order valence-corrected chi connectivity index (χ1v) is 7.80. The summed E-state index contributed by atoms with van der Waals surface area (Å²) in [6.45, 7) is 7.16. The van der Waals surface area contributed by atoms with Gasteiger partial charge in [0.1, 0.15) is 0 Å². The molecule has 1 saturated heterocycles. The van der Waals surface area contributed by atoms with Crippen molar-refractivity contribution < 1.29 is 0 Å². The third-order valence-electron chi connectivity index (χ3n) is 4.76. The van der Waals surface area contributed by atoms with Gasteiger partial charge in [0.15, 0.2) is 0 Å². The zero-order chi connectivity index (χ0) is 12.1. The van der Waals surface area contributed by atoms with Crippen molar-refractivity contribution in [1.82, 2.24) is 10.2 Å². The average molecular weight is 238 g/mol. The van der Waals surface area contributed by atoms with Crippen LogP contribution >= 0.6 is 0 Å². The van der Waals surface area contributed by atoms with Gasteiger partial charge in [-0.3, -0.25) is 4.90 Å². The third kappa shape index (κ3) is 3.69. The van der Waals surface area contributed by atoms with Gasteiger partial charge in [0, 0.05) is 18.1 Å². The molecule has 0 aromatic heterocycles. The summed E-state index contributed by atoms with van der Waals surface area (Å²) in [7, 11) is 0. The quantitative estimate of drug-likeness (QED) is 0.812. The van der Waals surface area contributed by atoms with Gasteiger partial charge in [0.05, 0.1) is 0 Å². The highest BCUT2D eigenvalue weighted by molar-refractivity contribution is 4.85. The highest BCUT2D eigenvalue weighted by Gasteiger charge is 2.28. The van der Waals surface area contributed by atoms with Crippen molar-refractivity contribution in [2.24, 2.45) is 0 Å². The van der Waals surface area contributed by atoms with Crippen LogP contribution in [-0.2, 0) is 0 Å². The molecule has 1 aliphatic carbocycles. The Morgan fingerprint density at radius 3 is 2.47 bits per heavy atom. The van der Waals surface area contributed by atoms with Crippen LogP contribution in [0.3, 0.4) is 0 Å². The highest BCUT2D eigenvalue weighted by atomic mass is 15.2. The molecule has 100 valence electrons. The molecule has 2 rings (SSSR count). The van der Waals surface area contributed by atoms with Gasteiger partial charge in [-0.25, -0.2) is 0 Å². The Labute approximate surface area is 107 Å². The Bertz CT molecular complexity index is 209. The fourth-order valence-electron chi connectivity index (χ4n) is 3.74. The van der Waals surface area contributed by atoms with E-state index in [9.17, 15) is 0 Å². The molecule has 1 atom stereocenters. The van der Waals surface area contributed by atoms with Crippen molar-refractivity contribution in [3.63, 3.8) is 0 Å². The van der Waals surface area contributed by atoms with E-state index in [4.69, 9.17) is 0 Å². The summed E-state index contributed by atoms with van der Waals surface area (Å²) in [5.74, 6) is 0. The average Bonchev–Trinajstić information content (AvgIpc) is 2.56. The van der Waals surface area contributed by atoms with E-state index in [0.717, 1.165) is 24.7 Å². The number of hydrogen-bond donors (Lipinski definition) is 1. The molecule has 17 heavy (non-hydrogen) atoms. The minimum Gasteiger partial charge on any atom is -0.314 e. The van der Waals surface area contributed by atoms with Crippen molar-refractivity contribution >= 4 is 0 Å². The van der Waals surface area contributed by atoms with Crippen LogP contribution in [0, 0.1) is 0 Å². The van der Waals surface area contributed by atoms with Crippen LogP contribution in [0.5, 0.6) is 0 Å². The predicted octanol–water partition coefficient (Wildman–Crippen LogP) is 3.17. The maximum Gasteiger partial charge on any atom is 0.00992 e. The lowest BCUT2D eigenvalue weighted by Crippen LogP contribution is -2.46. The van der Waals surface area contributed by atoms with E-state index in [2.05, 4.69) is 24.1 Å². The largest absolute Gasteiger partial charge is 0.314 e. The van der Waals surface area contributed by atoms with Crippen LogP contribution < -0.4 is 5.32 Å². The third-order valence-corrected chi connectivity index (χ3v) is 4.76. The standard InChI is InChI=1S/C15H30N2/c1-3-16-14-8-10-15(11-9-14)17-12-6-4-5-7-13(17)2/h13-16H,3-12H2,1-2H3. The Balaban J connectivity index is 1.82. The summed E-state index contributed by atoms with van der Waals surface area (Å²) in [4.78, 5) is 2.83. The van der Waals surface area contributed by atoms with Crippen LogP contribution in [0.15, 0.2) is 0 Å². The normalized spacial score (nSPS) is 36.7. The number of rotatable bonds is 3. The molecule has 1 heterocycles. The topological polar surface area (TPSA) is 15.3 Å². The summed E-state index contributed by atoms with van der Waals surface area (Å²) in [6, 6.07) is 2.52. The Morgan fingerprint density at radius 1 is 1.00 bits per heavy atom. The van der Waals surface area contributed by atoms with Crippen molar-refractivity contribution in [1.29, 1.82) is 0 Å². The number of likely N-dealkylation sites (tertiary alicyclic amines) is 1. The van der Waals surface area contributed by atoms with Gasteiger partial charge >= 0.3 is 0 Å². The number of hydrogen-bond acceptors (Lipinski definition) is 2. The molecule has 2 heteroatoms. The zero-order valence-electron chi connectivity index (χ0n) is 11.8. The molecule has 2 fully saturated rings. The second-order valence-corrected chi connectivity index (χ2v) is 6.00. The lowest BCUT2D eigenvalue weighted by atomic mass is 9.89. The Kier molecular flexibility index (Phi) is 5.30. The molecule has 0 aromatic rings. The number of nitrogens with zero attached hydrogens (tertiary/aromatic N) is 1. The van der Waals surface area contributed by atoms with E-state index in [1.54, 1.807) is 0 Å². The summed E-state index contributed by atoms with van der Waals surface area (Å²) in [5, 5.41) is 3.61. The first-order valence-electron chi connectivity index (χ1n) is 7.80.